The molecule has 2 aromatic rings. The van der Waals surface area contributed by atoms with Crippen LogP contribution in [0.3, 0.4) is 0 Å². The molecule has 0 amide bonds. The van der Waals surface area contributed by atoms with Gasteiger partial charge < -0.3 is 0 Å². The number of hydrogen-bond acceptors (Lipinski definition) is 4. The first-order chi connectivity index (χ1) is 8.37. The van der Waals surface area contributed by atoms with Gasteiger partial charge in [0.05, 0.1) is 11.0 Å². The molecule has 0 unspecified atom stereocenters. The quantitative estimate of drug-likeness (QED) is 0.830. The van der Waals surface area contributed by atoms with Crippen molar-refractivity contribution in [1.82, 2.24) is 13.3 Å². The van der Waals surface area contributed by atoms with Crippen LogP contribution in [0.1, 0.15) is 5.82 Å². The molecule has 2 rings (SSSR count). The average molecular weight is 285 g/mol. The second-order valence-electron chi connectivity index (χ2n) is 3.73. The Labute approximate surface area is 109 Å². The summed E-state index contributed by atoms with van der Waals surface area (Å²) in [5.74, 6) is -0.194. The van der Waals surface area contributed by atoms with Crippen molar-refractivity contribution in [2.45, 2.75) is 0 Å². The van der Waals surface area contributed by atoms with Gasteiger partial charge in [-0.1, -0.05) is 11.6 Å². The van der Waals surface area contributed by atoms with E-state index in [9.17, 15) is 8.42 Å². The van der Waals surface area contributed by atoms with Crippen LogP contribution in [-0.4, -0.2) is 35.8 Å². The van der Waals surface area contributed by atoms with Gasteiger partial charge in [-0.2, -0.15) is 22.0 Å². The number of halogens is 1. The highest BCUT2D eigenvalue weighted by Gasteiger charge is 2.24. The van der Waals surface area contributed by atoms with Crippen LogP contribution in [0, 0.1) is 11.3 Å². The van der Waals surface area contributed by atoms with Gasteiger partial charge >= 0.3 is 10.2 Å². The van der Waals surface area contributed by atoms with Gasteiger partial charge in [0.1, 0.15) is 6.07 Å². The summed E-state index contributed by atoms with van der Waals surface area (Å²) in [5.41, 5.74) is 0.689. The highest BCUT2D eigenvalue weighted by molar-refractivity contribution is 7.87. The number of aromatic nitrogens is 2. The summed E-state index contributed by atoms with van der Waals surface area (Å²) in [6, 6.07) is 6.39. The summed E-state index contributed by atoms with van der Waals surface area (Å²) in [6.07, 6.45) is 0. The fraction of sp³-hybridized carbons (Fsp3) is 0.200. The van der Waals surface area contributed by atoms with Gasteiger partial charge in [-0.05, 0) is 18.2 Å². The van der Waals surface area contributed by atoms with Gasteiger partial charge in [0, 0.05) is 19.1 Å². The molecule has 1 heterocycles. The summed E-state index contributed by atoms with van der Waals surface area (Å²) in [7, 11) is -1.05. The van der Waals surface area contributed by atoms with Crippen LogP contribution in [0.2, 0.25) is 5.02 Å². The molecule has 0 aliphatic rings. The van der Waals surface area contributed by atoms with Crippen LogP contribution >= 0.6 is 11.6 Å². The minimum atomic E-state index is -3.81. The number of imidazole rings is 1. The maximum absolute atomic E-state index is 12.2. The molecular weight excluding hydrogens is 276 g/mol. The zero-order valence-electron chi connectivity index (χ0n) is 9.62. The molecule has 94 valence electrons. The second-order valence-corrected chi connectivity index (χ2v) is 6.16. The van der Waals surface area contributed by atoms with Crippen molar-refractivity contribution < 1.29 is 8.42 Å². The molecule has 0 radical (unpaired) electrons. The molecule has 0 aliphatic heterocycles. The maximum Gasteiger partial charge on any atom is 0.309 e. The minimum Gasteiger partial charge on any atom is -0.218 e. The Morgan fingerprint density at radius 2 is 2.11 bits per heavy atom. The number of hydrogen-bond donors (Lipinski definition) is 0. The van der Waals surface area contributed by atoms with Gasteiger partial charge in [-0.3, -0.25) is 0 Å². The number of rotatable bonds is 2. The SMILES string of the molecule is CN(C)S(=O)(=O)n1c(C#N)nc2ccc(Cl)cc21. The van der Waals surface area contributed by atoms with Crippen molar-refractivity contribution in [3.63, 3.8) is 0 Å². The van der Waals surface area contributed by atoms with E-state index in [0.717, 1.165) is 8.28 Å². The van der Waals surface area contributed by atoms with E-state index in [2.05, 4.69) is 4.98 Å². The normalized spacial score (nSPS) is 11.9. The molecule has 0 aliphatic carbocycles. The lowest BCUT2D eigenvalue weighted by Crippen LogP contribution is -2.29. The summed E-state index contributed by atoms with van der Waals surface area (Å²) in [5, 5.41) is 9.36. The lowest BCUT2D eigenvalue weighted by molar-refractivity contribution is 0.511. The smallest absolute Gasteiger partial charge is 0.218 e. The van der Waals surface area contributed by atoms with Crippen molar-refractivity contribution in [3.05, 3.63) is 29.0 Å². The third-order valence-electron chi connectivity index (χ3n) is 2.37. The first kappa shape index (κ1) is 12.8. The van der Waals surface area contributed by atoms with Gasteiger partial charge in [0.2, 0.25) is 5.82 Å². The van der Waals surface area contributed by atoms with E-state index in [0.29, 0.717) is 10.5 Å². The van der Waals surface area contributed by atoms with E-state index in [-0.39, 0.29) is 11.3 Å². The fourth-order valence-corrected chi connectivity index (χ4v) is 2.68. The van der Waals surface area contributed by atoms with Crippen molar-refractivity contribution in [3.8, 4) is 6.07 Å². The molecule has 6 nitrogen and oxygen atoms in total. The van der Waals surface area contributed by atoms with Crippen LogP contribution in [-0.2, 0) is 10.2 Å². The average Bonchev–Trinajstić information content (AvgIpc) is 2.66. The molecule has 0 spiro atoms. The molecule has 0 N–H and O–H groups in total. The maximum atomic E-state index is 12.2. The van der Waals surface area contributed by atoms with Gasteiger partial charge in [-0.25, -0.2) is 4.98 Å². The topological polar surface area (TPSA) is 79.0 Å². The van der Waals surface area contributed by atoms with Crippen LogP contribution in [0.25, 0.3) is 11.0 Å². The summed E-state index contributed by atoms with van der Waals surface area (Å²) in [6.45, 7) is 0. The highest BCUT2D eigenvalue weighted by atomic mass is 35.5. The number of nitrogens with zero attached hydrogens (tertiary/aromatic N) is 4. The molecule has 1 aromatic carbocycles. The first-order valence-electron chi connectivity index (χ1n) is 4.89. The molecule has 0 saturated heterocycles. The minimum absolute atomic E-state index is 0.194. The molecule has 1 aromatic heterocycles. The third kappa shape index (κ3) is 1.84. The standard InChI is InChI=1S/C10H9ClN4O2S/c1-14(2)18(16,17)15-9-5-7(11)3-4-8(9)13-10(15)6-12/h3-5H,1-2H3. The molecule has 18 heavy (non-hydrogen) atoms. The van der Waals surface area contributed by atoms with Gasteiger partial charge in [-0.15, -0.1) is 0 Å². The Hall–Kier alpha value is -1.62. The van der Waals surface area contributed by atoms with Crippen LogP contribution in [0.5, 0.6) is 0 Å². The second kappa shape index (κ2) is 4.24. The highest BCUT2D eigenvalue weighted by Crippen LogP contribution is 2.22. The van der Waals surface area contributed by atoms with E-state index in [1.807, 2.05) is 0 Å². The zero-order valence-corrected chi connectivity index (χ0v) is 11.2. The number of benzene rings is 1. The van der Waals surface area contributed by atoms with Crippen molar-refractivity contribution in [2.24, 2.45) is 0 Å². The van der Waals surface area contributed by atoms with Crippen LogP contribution in [0.15, 0.2) is 18.2 Å². The zero-order chi connectivity index (χ0) is 13.5. The van der Waals surface area contributed by atoms with Gasteiger partial charge in [0.15, 0.2) is 0 Å². The molecule has 0 fully saturated rings. The molecule has 8 heteroatoms. The Kier molecular flexibility index (Phi) is 3.02. The predicted molar refractivity (Wildman–Crippen MR) is 67.5 cm³/mol. The lowest BCUT2D eigenvalue weighted by Gasteiger charge is -2.13. The van der Waals surface area contributed by atoms with Crippen LogP contribution < -0.4 is 0 Å². The summed E-state index contributed by atoms with van der Waals surface area (Å²) < 4.78 is 26.2. The van der Waals surface area contributed by atoms with E-state index >= 15 is 0 Å². The Balaban J connectivity index is 2.93. The number of fused-ring (bicyclic) bond motifs is 1. The first-order valence-corrected chi connectivity index (χ1v) is 6.66. The molecule has 0 atom stereocenters. The number of nitriles is 1. The Morgan fingerprint density at radius 3 is 2.67 bits per heavy atom. The largest absolute Gasteiger partial charge is 0.309 e. The molecular formula is C10H9ClN4O2S. The Morgan fingerprint density at radius 1 is 1.44 bits per heavy atom. The lowest BCUT2D eigenvalue weighted by atomic mass is 10.3. The van der Waals surface area contributed by atoms with Crippen LogP contribution in [0.4, 0.5) is 0 Å². The van der Waals surface area contributed by atoms with Crippen molar-refractivity contribution in [1.29, 1.82) is 5.26 Å². The van der Waals surface area contributed by atoms with E-state index < -0.39 is 10.2 Å². The van der Waals surface area contributed by atoms with Crippen molar-refractivity contribution >= 4 is 32.8 Å². The summed E-state index contributed by atoms with van der Waals surface area (Å²) >= 11 is 5.84. The third-order valence-corrected chi connectivity index (χ3v) is 4.36. The summed E-state index contributed by atoms with van der Waals surface area (Å²) in [4.78, 5) is 3.96. The fourth-order valence-electron chi connectivity index (χ4n) is 1.49. The van der Waals surface area contributed by atoms with E-state index in [4.69, 9.17) is 16.9 Å². The Bertz CT molecular complexity index is 758. The predicted octanol–water partition coefficient (Wildman–Crippen LogP) is 1.22. The molecule has 0 bridgehead atoms. The van der Waals surface area contributed by atoms with Crippen molar-refractivity contribution in [2.75, 3.05) is 14.1 Å². The van der Waals surface area contributed by atoms with E-state index in [1.54, 1.807) is 18.2 Å². The van der Waals surface area contributed by atoms with Gasteiger partial charge in [0.25, 0.3) is 0 Å². The monoisotopic (exact) mass is 284 g/mol. The molecule has 0 saturated carbocycles. The van der Waals surface area contributed by atoms with E-state index in [1.165, 1.54) is 20.2 Å².